The fourth-order valence-electron chi connectivity index (χ4n) is 3.27. The van der Waals surface area contributed by atoms with Crippen LogP contribution in [0.5, 0.6) is 0 Å². The Morgan fingerprint density at radius 3 is 1.78 bits per heavy atom. The van der Waals surface area contributed by atoms with Crippen molar-refractivity contribution in [3.8, 4) is 0 Å². The molecule has 2 rings (SSSR count). The lowest BCUT2D eigenvalue weighted by Crippen LogP contribution is -2.63. The van der Waals surface area contributed by atoms with Gasteiger partial charge < -0.3 is 0 Å². The highest BCUT2D eigenvalue weighted by Crippen LogP contribution is 2.39. The molecule has 0 aromatic heterocycles. The fraction of sp³-hybridized carbons (Fsp3) is 0.714. The van der Waals surface area contributed by atoms with E-state index >= 15 is 0 Å². The van der Waals surface area contributed by atoms with E-state index in [4.69, 9.17) is 0 Å². The molecular weight excluding hydrogens is 228 g/mol. The van der Waals surface area contributed by atoms with Crippen molar-refractivity contribution in [1.82, 2.24) is 9.80 Å². The molecule has 0 spiro atoms. The highest BCUT2D eigenvalue weighted by atomic mass is 16.2. The van der Waals surface area contributed by atoms with Crippen LogP contribution in [0.4, 0.5) is 0 Å². The molecule has 0 N–H and O–H groups in total. The molecule has 0 radical (unpaired) electrons. The minimum absolute atomic E-state index is 0.00111. The zero-order valence-corrected chi connectivity index (χ0v) is 11.9. The van der Waals surface area contributed by atoms with E-state index in [1.807, 2.05) is 0 Å². The zero-order chi connectivity index (χ0) is 13.7. The van der Waals surface area contributed by atoms with E-state index in [9.17, 15) is 9.59 Å². The summed E-state index contributed by atoms with van der Waals surface area (Å²) in [6.45, 7) is 8.66. The Balaban J connectivity index is 2.26. The van der Waals surface area contributed by atoms with Gasteiger partial charge in [0.25, 0.3) is 11.8 Å². The Hall–Kier alpha value is -1.16. The van der Waals surface area contributed by atoms with Gasteiger partial charge in [0, 0.05) is 29.3 Å². The molecule has 0 aromatic carbocycles. The first-order valence-electron chi connectivity index (χ1n) is 6.44. The summed E-state index contributed by atoms with van der Waals surface area (Å²) >= 11 is 0. The Kier molecular flexibility index (Phi) is 2.89. The van der Waals surface area contributed by atoms with Crippen molar-refractivity contribution < 1.29 is 9.59 Å². The second-order valence-electron chi connectivity index (χ2n) is 6.63. The number of hydrogen-bond donors (Lipinski definition) is 0. The van der Waals surface area contributed by atoms with Gasteiger partial charge in [-0.1, -0.05) is 0 Å². The van der Waals surface area contributed by atoms with Gasteiger partial charge in [0.05, 0.1) is 0 Å². The summed E-state index contributed by atoms with van der Waals surface area (Å²) in [5.41, 5.74) is -0.0366. The van der Waals surface area contributed by atoms with E-state index < -0.39 is 0 Å². The molecule has 2 aliphatic heterocycles. The predicted octanol–water partition coefficient (Wildman–Crippen LogP) is 1.56. The monoisotopic (exact) mass is 250 g/mol. The lowest BCUT2D eigenvalue weighted by Gasteiger charge is -2.54. The minimum atomic E-state index is -0.166. The smallest absolute Gasteiger partial charge is 0.253 e. The second kappa shape index (κ2) is 3.92. The maximum absolute atomic E-state index is 11.8. The van der Waals surface area contributed by atoms with Crippen molar-refractivity contribution >= 4 is 11.8 Å². The molecule has 2 amide bonds. The fourth-order valence-corrected chi connectivity index (χ4v) is 3.27. The molecule has 4 nitrogen and oxygen atoms in total. The third-order valence-corrected chi connectivity index (χ3v) is 4.49. The van der Waals surface area contributed by atoms with Gasteiger partial charge in [0.1, 0.15) is 0 Å². The number of likely N-dealkylation sites (tertiary alicyclic amines) is 1. The number of amides is 2. The van der Waals surface area contributed by atoms with E-state index in [-0.39, 0.29) is 28.9 Å². The highest BCUT2D eigenvalue weighted by molar-refractivity contribution is 6.13. The number of carbonyl (C=O) groups excluding carboxylic acids is 2. The standard InChI is InChI=1S/C14H22N2O2/c1-13(2)8-10(9-14(3,4)15(13)5)16-11(17)6-7-12(16)18/h6-7,10H,8-9H2,1-5H3. The van der Waals surface area contributed by atoms with Gasteiger partial charge in [0.15, 0.2) is 0 Å². The number of piperidine rings is 1. The first-order chi connectivity index (χ1) is 8.15. The van der Waals surface area contributed by atoms with Crippen LogP contribution in [0.3, 0.4) is 0 Å². The van der Waals surface area contributed by atoms with Crippen LogP contribution < -0.4 is 0 Å². The third-order valence-electron chi connectivity index (χ3n) is 4.49. The first-order valence-corrected chi connectivity index (χ1v) is 6.44. The first kappa shape index (κ1) is 13.3. The number of imide groups is 1. The average Bonchev–Trinajstić information content (AvgIpc) is 2.54. The summed E-state index contributed by atoms with van der Waals surface area (Å²) < 4.78 is 0. The SMILES string of the molecule is CN1C(C)(C)CC(N2C(=O)C=CC2=O)CC1(C)C. The molecule has 0 aliphatic carbocycles. The quantitative estimate of drug-likeness (QED) is 0.663. The molecule has 0 saturated carbocycles. The Labute approximate surface area is 109 Å². The van der Waals surface area contributed by atoms with Crippen LogP contribution in [0, 0.1) is 0 Å². The van der Waals surface area contributed by atoms with Crippen molar-refractivity contribution in [2.24, 2.45) is 0 Å². The molecule has 1 fully saturated rings. The molecule has 4 heteroatoms. The number of nitrogens with zero attached hydrogens (tertiary/aromatic N) is 2. The van der Waals surface area contributed by atoms with Gasteiger partial charge in [-0.3, -0.25) is 19.4 Å². The maximum atomic E-state index is 11.8. The van der Waals surface area contributed by atoms with Crippen LogP contribution in [0.15, 0.2) is 12.2 Å². The highest BCUT2D eigenvalue weighted by Gasteiger charge is 2.47. The summed E-state index contributed by atoms with van der Waals surface area (Å²) in [5.74, 6) is -0.331. The molecule has 100 valence electrons. The lowest BCUT2D eigenvalue weighted by atomic mass is 9.77. The van der Waals surface area contributed by atoms with Crippen molar-refractivity contribution in [3.05, 3.63) is 12.2 Å². The molecule has 2 heterocycles. The van der Waals surface area contributed by atoms with Crippen LogP contribution in [-0.2, 0) is 9.59 Å². The predicted molar refractivity (Wildman–Crippen MR) is 69.9 cm³/mol. The molecule has 0 bridgehead atoms. The summed E-state index contributed by atoms with van der Waals surface area (Å²) in [6, 6.07) is 0.00111. The van der Waals surface area contributed by atoms with Crippen LogP contribution in [0.2, 0.25) is 0 Å². The largest absolute Gasteiger partial charge is 0.296 e. The lowest BCUT2D eigenvalue weighted by molar-refractivity contribution is -0.144. The molecule has 0 atom stereocenters. The van der Waals surface area contributed by atoms with Crippen LogP contribution in [0.1, 0.15) is 40.5 Å². The van der Waals surface area contributed by atoms with Gasteiger partial charge >= 0.3 is 0 Å². The summed E-state index contributed by atoms with van der Waals surface area (Å²) in [7, 11) is 2.11. The maximum Gasteiger partial charge on any atom is 0.253 e. The minimum Gasteiger partial charge on any atom is -0.296 e. The van der Waals surface area contributed by atoms with E-state index in [1.165, 1.54) is 17.1 Å². The molecule has 18 heavy (non-hydrogen) atoms. The van der Waals surface area contributed by atoms with Crippen molar-refractivity contribution in [1.29, 1.82) is 0 Å². The molecule has 1 saturated heterocycles. The Morgan fingerprint density at radius 1 is 1.00 bits per heavy atom. The molecular formula is C14H22N2O2. The van der Waals surface area contributed by atoms with Crippen LogP contribution in [-0.4, -0.2) is 45.8 Å². The summed E-state index contributed by atoms with van der Waals surface area (Å²) in [4.78, 5) is 27.4. The van der Waals surface area contributed by atoms with Gasteiger partial charge in [-0.2, -0.15) is 0 Å². The third kappa shape index (κ3) is 1.99. The van der Waals surface area contributed by atoms with Gasteiger partial charge in [-0.05, 0) is 47.6 Å². The van der Waals surface area contributed by atoms with Crippen molar-refractivity contribution in [3.63, 3.8) is 0 Å². The number of rotatable bonds is 1. The van der Waals surface area contributed by atoms with Gasteiger partial charge in [-0.25, -0.2) is 0 Å². The zero-order valence-electron chi connectivity index (χ0n) is 11.9. The Morgan fingerprint density at radius 2 is 1.39 bits per heavy atom. The molecule has 0 unspecified atom stereocenters. The topological polar surface area (TPSA) is 40.6 Å². The van der Waals surface area contributed by atoms with E-state index in [0.29, 0.717) is 0 Å². The normalized spacial score (nSPS) is 28.2. The molecule has 2 aliphatic rings. The number of carbonyl (C=O) groups is 2. The second-order valence-corrected chi connectivity index (χ2v) is 6.63. The number of hydrogen-bond acceptors (Lipinski definition) is 3. The average molecular weight is 250 g/mol. The van der Waals surface area contributed by atoms with Gasteiger partial charge in [-0.15, -0.1) is 0 Å². The van der Waals surface area contributed by atoms with E-state index in [2.05, 4.69) is 39.6 Å². The Bertz CT molecular complexity index is 388. The van der Waals surface area contributed by atoms with Crippen molar-refractivity contribution in [2.75, 3.05) is 7.05 Å². The summed E-state index contributed by atoms with van der Waals surface area (Å²) in [6.07, 6.45) is 4.40. The molecule has 0 aromatic rings. The van der Waals surface area contributed by atoms with E-state index in [0.717, 1.165) is 12.8 Å². The van der Waals surface area contributed by atoms with Gasteiger partial charge in [0.2, 0.25) is 0 Å². The van der Waals surface area contributed by atoms with Crippen molar-refractivity contribution in [2.45, 2.75) is 57.7 Å². The van der Waals surface area contributed by atoms with Crippen LogP contribution >= 0.6 is 0 Å². The van der Waals surface area contributed by atoms with E-state index in [1.54, 1.807) is 0 Å². The summed E-state index contributed by atoms with van der Waals surface area (Å²) in [5, 5.41) is 0. The van der Waals surface area contributed by atoms with Crippen LogP contribution in [0.25, 0.3) is 0 Å².